The third-order valence-corrected chi connectivity index (χ3v) is 5.13. The van der Waals surface area contributed by atoms with Crippen LogP contribution in [0.1, 0.15) is 41.5 Å². The first-order valence-corrected chi connectivity index (χ1v) is 8.96. The molecule has 2 aliphatic rings. The summed E-state index contributed by atoms with van der Waals surface area (Å²) in [7, 11) is 2.04. The number of fused-ring (bicyclic) bond motifs is 1. The van der Waals surface area contributed by atoms with E-state index in [-0.39, 0.29) is 6.04 Å². The van der Waals surface area contributed by atoms with Gasteiger partial charge in [-0.25, -0.2) is 0 Å². The van der Waals surface area contributed by atoms with E-state index in [0.29, 0.717) is 0 Å². The number of ether oxygens (including phenoxy) is 1. The number of nitrogens with zero attached hydrogens (tertiary/aromatic N) is 4. The number of aromatic nitrogens is 3. The van der Waals surface area contributed by atoms with Crippen LogP contribution in [0.3, 0.4) is 0 Å². The van der Waals surface area contributed by atoms with Gasteiger partial charge in [0.15, 0.2) is 0 Å². The number of aryl methyl sites for hydroxylation is 2. The summed E-state index contributed by atoms with van der Waals surface area (Å²) in [6.45, 7) is 5.60. The summed E-state index contributed by atoms with van der Waals surface area (Å²) in [6, 6.07) is 6.53. The molecule has 128 valence electrons. The Morgan fingerprint density at radius 3 is 2.92 bits per heavy atom. The van der Waals surface area contributed by atoms with Crippen molar-refractivity contribution in [3.8, 4) is 0 Å². The van der Waals surface area contributed by atoms with Gasteiger partial charge in [0, 0.05) is 32.4 Å². The van der Waals surface area contributed by atoms with Crippen molar-refractivity contribution >= 4 is 0 Å². The van der Waals surface area contributed by atoms with Crippen LogP contribution in [0.25, 0.3) is 0 Å². The SMILES string of the molecule is Cc1cccc(CN2CCc3cnn(C)c3[C@@H]2COCC2CC2)n1. The molecule has 0 unspecified atom stereocenters. The first-order chi connectivity index (χ1) is 11.7. The van der Waals surface area contributed by atoms with Crippen LogP contribution in [0.5, 0.6) is 0 Å². The Bertz CT molecular complexity index is 707. The van der Waals surface area contributed by atoms with E-state index >= 15 is 0 Å². The molecular weight excluding hydrogens is 300 g/mol. The van der Waals surface area contributed by atoms with E-state index in [9.17, 15) is 0 Å². The largest absolute Gasteiger partial charge is 0.379 e. The molecule has 5 heteroatoms. The molecule has 0 saturated heterocycles. The molecule has 0 spiro atoms. The fourth-order valence-corrected chi connectivity index (χ4v) is 3.61. The molecule has 3 heterocycles. The van der Waals surface area contributed by atoms with Crippen LogP contribution in [-0.2, 0) is 24.8 Å². The normalized spacial score (nSPS) is 21.0. The maximum atomic E-state index is 6.07. The highest BCUT2D eigenvalue weighted by atomic mass is 16.5. The van der Waals surface area contributed by atoms with Gasteiger partial charge in [-0.15, -0.1) is 0 Å². The van der Waals surface area contributed by atoms with Crippen molar-refractivity contribution in [2.45, 2.75) is 38.8 Å². The number of pyridine rings is 1. The predicted octanol–water partition coefficient (Wildman–Crippen LogP) is 2.65. The Hall–Kier alpha value is -1.72. The fraction of sp³-hybridized carbons (Fsp3) is 0.579. The average Bonchev–Trinajstić information content (AvgIpc) is 3.31. The molecule has 1 fully saturated rings. The minimum Gasteiger partial charge on any atom is -0.379 e. The average molecular weight is 326 g/mol. The van der Waals surface area contributed by atoms with Crippen molar-refractivity contribution in [1.29, 1.82) is 0 Å². The zero-order chi connectivity index (χ0) is 16.5. The molecule has 1 saturated carbocycles. The third kappa shape index (κ3) is 3.37. The monoisotopic (exact) mass is 326 g/mol. The zero-order valence-electron chi connectivity index (χ0n) is 14.6. The fourth-order valence-electron chi connectivity index (χ4n) is 3.61. The second-order valence-corrected chi connectivity index (χ2v) is 7.17. The summed E-state index contributed by atoms with van der Waals surface area (Å²) in [5, 5.41) is 4.48. The first-order valence-electron chi connectivity index (χ1n) is 8.96. The van der Waals surface area contributed by atoms with E-state index in [2.05, 4.69) is 40.1 Å². The van der Waals surface area contributed by atoms with Crippen molar-refractivity contribution in [3.05, 3.63) is 47.0 Å². The lowest BCUT2D eigenvalue weighted by Crippen LogP contribution is -2.38. The Labute approximate surface area is 143 Å². The van der Waals surface area contributed by atoms with Crippen LogP contribution in [0.15, 0.2) is 24.4 Å². The van der Waals surface area contributed by atoms with Gasteiger partial charge >= 0.3 is 0 Å². The Balaban J connectivity index is 1.53. The van der Waals surface area contributed by atoms with Gasteiger partial charge in [-0.1, -0.05) is 6.07 Å². The summed E-state index contributed by atoms with van der Waals surface area (Å²) in [6.07, 6.45) is 5.73. The van der Waals surface area contributed by atoms with Gasteiger partial charge in [-0.3, -0.25) is 14.6 Å². The van der Waals surface area contributed by atoms with Crippen molar-refractivity contribution in [3.63, 3.8) is 0 Å². The van der Waals surface area contributed by atoms with Gasteiger partial charge in [-0.2, -0.15) is 5.10 Å². The van der Waals surface area contributed by atoms with Gasteiger partial charge in [-0.05, 0) is 49.8 Å². The highest BCUT2D eigenvalue weighted by molar-refractivity contribution is 5.25. The molecule has 5 nitrogen and oxygen atoms in total. The van der Waals surface area contributed by atoms with E-state index in [1.54, 1.807) is 0 Å². The van der Waals surface area contributed by atoms with E-state index in [0.717, 1.165) is 50.0 Å². The molecule has 1 aliphatic carbocycles. The topological polar surface area (TPSA) is 43.2 Å². The number of hydrogen-bond donors (Lipinski definition) is 0. The van der Waals surface area contributed by atoms with Gasteiger partial charge < -0.3 is 4.74 Å². The first kappa shape index (κ1) is 15.8. The lowest BCUT2D eigenvalue weighted by molar-refractivity contribution is 0.0407. The Morgan fingerprint density at radius 2 is 2.12 bits per heavy atom. The molecule has 2 aromatic rings. The van der Waals surface area contributed by atoms with E-state index < -0.39 is 0 Å². The molecule has 1 aliphatic heterocycles. The van der Waals surface area contributed by atoms with Gasteiger partial charge in [0.1, 0.15) is 0 Å². The molecular formula is C19H26N4O. The minimum absolute atomic E-state index is 0.266. The third-order valence-electron chi connectivity index (χ3n) is 5.13. The Morgan fingerprint density at radius 1 is 1.25 bits per heavy atom. The summed E-state index contributed by atoms with van der Waals surface area (Å²) >= 11 is 0. The van der Waals surface area contributed by atoms with Crippen molar-refractivity contribution < 1.29 is 4.74 Å². The second-order valence-electron chi connectivity index (χ2n) is 7.17. The maximum Gasteiger partial charge on any atom is 0.0760 e. The summed E-state index contributed by atoms with van der Waals surface area (Å²) in [5.74, 6) is 0.798. The summed E-state index contributed by atoms with van der Waals surface area (Å²) in [5.41, 5.74) is 4.88. The zero-order valence-corrected chi connectivity index (χ0v) is 14.6. The van der Waals surface area contributed by atoms with Crippen molar-refractivity contribution in [2.75, 3.05) is 19.8 Å². The van der Waals surface area contributed by atoms with Crippen LogP contribution in [-0.4, -0.2) is 39.4 Å². The minimum atomic E-state index is 0.266. The summed E-state index contributed by atoms with van der Waals surface area (Å²) in [4.78, 5) is 7.18. The highest BCUT2D eigenvalue weighted by Crippen LogP contribution is 2.33. The van der Waals surface area contributed by atoms with E-state index in [1.807, 2.05) is 17.9 Å². The lowest BCUT2D eigenvalue weighted by Gasteiger charge is -2.35. The highest BCUT2D eigenvalue weighted by Gasteiger charge is 2.31. The maximum absolute atomic E-state index is 6.07. The van der Waals surface area contributed by atoms with Crippen LogP contribution in [0, 0.1) is 12.8 Å². The molecule has 1 atom stereocenters. The van der Waals surface area contributed by atoms with Crippen LogP contribution < -0.4 is 0 Å². The van der Waals surface area contributed by atoms with E-state index in [4.69, 9.17) is 4.74 Å². The van der Waals surface area contributed by atoms with Gasteiger partial charge in [0.05, 0.1) is 30.2 Å². The Kier molecular flexibility index (Phi) is 4.37. The van der Waals surface area contributed by atoms with Gasteiger partial charge in [0.25, 0.3) is 0 Å². The second kappa shape index (κ2) is 6.65. The van der Waals surface area contributed by atoms with E-state index in [1.165, 1.54) is 24.1 Å². The molecule has 2 aromatic heterocycles. The van der Waals surface area contributed by atoms with Crippen LogP contribution >= 0.6 is 0 Å². The number of rotatable bonds is 6. The lowest BCUT2D eigenvalue weighted by atomic mass is 10.00. The molecule has 0 amide bonds. The molecule has 24 heavy (non-hydrogen) atoms. The quantitative estimate of drug-likeness (QED) is 0.818. The molecule has 0 aromatic carbocycles. The van der Waals surface area contributed by atoms with Crippen LogP contribution in [0.2, 0.25) is 0 Å². The molecule has 0 N–H and O–H groups in total. The molecule has 4 rings (SSSR count). The predicted molar refractivity (Wildman–Crippen MR) is 92.6 cm³/mol. The molecule has 0 radical (unpaired) electrons. The summed E-state index contributed by atoms with van der Waals surface area (Å²) < 4.78 is 8.09. The smallest absolute Gasteiger partial charge is 0.0760 e. The number of hydrogen-bond acceptors (Lipinski definition) is 4. The molecule has 0 bridgehead atoms. The van der Waals surface area contributed by atoms with Crippen molar-refractivity contribution in [2.24, 2.45) is 13.0 Å². The van der Waals surface area contributed by atoms with Crippen molar-refractivity contribution in [1.82, 2.24) is 19.7 Å². The van der Waals surface area contributed by atoms with Crippen LogP contribution in [0.4, 0.5) is 0 Å². The standard InChI is InChI=1S/C19H26N4O/c1-14-4-3-5-17(21-14)11-23-9-8-16-10-20-22(2)19(16)18(23)13-24-12-15-6-7-15/h3-5,10,15,18H,6-9,11-13H2,1-2H3/t18-/m0/s1. The van der Waals surface area contributed by atoms with Gasteiger partial charge in [0.2, 0.25) is 0 Å².